The minimum Gasteiger partial charge on any atom is -0.414 e. The van der Waals surface area contributed by atoms with Crippen molar-refractivity contribution in [3.05, 3.63) is 28.7 Å². The summed E-state index contributed by atoms with van der Waals surface area (Å²) in [6.07, 6.45) is 1.70. The Balaban J connectivity index is 2.01. The van der Waals surface area contributed by atoms with E-state index in [9.17, 15) is 8.42 Å². The average Bonchev–Trinajstić information content (AvgIpc) is 2.46. The van der Waals surface area contributed by atoms with Crippen LogP contribution in [0.1, 0.15) is 33.6 Å². The van der Waals surface area contributed by atoms with E-state index >= 15 is 0 Å². The number of benzene rings is 1. The van der Waals surface area contributed by atoms with Crippen LogP contribution in [-0.4, -0.2) is 40.2 Å². The highest BCUT2D eigenvalue weighted by atomic mass is 79.9. The molecule has 1 heterocycles. The van der Waals surface area contributed by atoms with Crippen molar-refractivity contribution in [2.45, 2.75) is 62.7 Å². The maximum Gasteiger partial charge on any atom is 0.243 e. The first-order valence-electron chi connectivity index (χ1n) is 8.37. The van der Waals surface area contributed by atoms with Gasteiger partial charge < -0.3 is 4.43 Å². The molecular formula is C17H28BrNO3SSi. The smallest absolute Gasteiger partial charge is 0.243 e. The van der Waals surface area contributed by atoms with Crippen molar-refractivity contribution < 1.29 is 12.8 Å². The zero-order chi connectivity index (χ0) is 18.2. The van der Waals surface area contributed by atoms with Gasteiger partial charge in [0.25, 0.3) is 0 Å². The third-order valence-electron chi connectivity index (χ3n) is 5.12. The highest BCUT2D eigenvalue weighted by Gasteiger charge is 2.40. The minimum absolute atomic E-state index is 0.169. The number of halogens is 1. The van der Waals surface area contributed by atoms with Crippen LogP contribution in [0.5, 0.6) is 0 Å². The molecule has 0 spiro atoms. The van der Waals surface area contributed by atoms with Crippen LogP contribution in [0.2, 0.25) is 18.1 Å². The van der Waals surface area contributed by atoms with Crippen molar-refractivity contribution in [2.75, 3.05) is 13.1 Å². The minimum atomic E-state index is -3.41. The molecule has 0 aromatic heterocycles. The first-order chi connectivity index (χ1) is 10.9. The quantitative estimate of drug-likeness (QED) is 0.650. The summed E-state index contributed by atoms with van der Waals surface area (Å²) in [6, 6.07) is 6.83. The molecule has 136 valence electrons. The standard InChI is InChI=1S/C17H28BrNO3SSi/c1-17(2,3)24(4,5)22-15-10-12-19(13-11-15)23(20,21)16-8-6-14(18)7-9-16/h6-9,15H,10-13H2,1-5H3. The third-order valence-corrected chi connectivity index (χ3v) is 12.1. The fourth-order valence-corrected chi connectivity index (χ4v) is 5.70. The Labute approximate surface area is 155 Å². The predicted molar refractivity (Wildman–Crippen MR) is 104 cm³/mol. The van der Waals surface area contributed by atoms with Crippen molar-refractivity contribution in [2.24, 2.45) is 0 Å². The first-order valence-corrected chi connectivity index (χ1v) is 13.5. The highest BCUT2D eigenvalue weighted by molar-refractivity contribution is 9.10. The van der Waals surface area contributed by atoms with Gasteiger partial charge in [-0.25, -0.2) is 8.42 Å². The second-order valence-corrected chi connectivity index (χ2v) is 15.5. The number of piperidine rings is 1. The van der Waals surface area contributed by atoms with E-state index in [1.165, 1.54) is 0 Å². The van der Waals surface area contributed by atoms with E-state index in [1.54, 1.807) is 28.6 Å². The Kier molecular flexibility index (Phi) is 6.02. The molecule has 0 radical (unpaired) electrons. The number of hydrogen-bond donors (Lipinski definition) is 0. The molecule has 0 aliphatic carbocycles. The van der Waals surface area contributed by atoms with Crippen LogP contribution >= 0.6 is 15.9 Å². The lowest BCUT2D eigenvalue weighted by Gasteiger charge is -2.41. The summed E-state index contributed by atoms with van der Waals surface area (Å²) in [5, 5.41) is 0.174. The molecule has 2 rings (SSSR count). The van der Waals surface area contributed by atoms with Gasteiger partial charge in [0.05, 0.1) is 4.90 Å². The number of hydrogen-bond acceptors (Lipinski definition) is 3. The monoisotopic (exact) mass is 433 g/mol. The Bertz CT molecular complexity index is 660. The summed E-state index contributed by atoms with van der Waals surface area (Å²) in [4.78, 5) is 0.356. The van der Waals surface area contributed by atoms with Crippen LogP contribution in [0.25, 0.3) is 0 Å². The van der Waals surface area contributed by atoms with Gasteiger partial charge in [-0.1, -0.05) is 36.7 Å². The van der Waals surface area contributed by atoms with Crippen molar-refractivity contribution in [3.63, 3.8) is 0 Å². The second kappa shape index (κ2) is 7.19. The van der Waals surface area contributed by atoms with Crippen molar-refractivity contribution >= 4 is 34.3 Å². The molecule has 24 heavy (non-hydrogen) atoms. The summed E-state index contributed by atoms with van der Waals surface area (Å²) < 4.78 is 34.4. The number of sulfonamides is 1. The molecule has 1 aromatic carbocycles. The fourth-order valence-electron chi connectivity index (χ4n) is 2.54. The van der Waals surface area contributed by atoms with E-state index in [-0.39, 0.29) is 11.1 Å². The van der Waals surface area contributed by atoms with Crippen LogP contribution in [0, 0.1) is 0 Å². The lowest BCUT2D eigenvalue weighted by molar-refractivity contribution is 0.120. The SMILES string of the molecule is CC(C)(C)[Si](C)(C)OC1CCN(S(=O)(=O)c2ccc(Br)cc2)CC1. The number of rotatable bonds is 4. The maximum absolute atomic E-state index is 12.7. The van der Waals surface area contributed by atoms with Gasteiger partial charge in [0, 0.05) is 23.7 Å². The van der Waals surface area contributed by atoms with Crippen LogP contribution in [0.4, 0.5) is 0 Å². The molecule has 0 amide bonds. The van der Waals surface area contributed by atoms with Gasteiger partial charge in [0.2, 0.25) is 10.0 Å². The first kappa shape index (κ1) is 20.1. The van der Waals surface area contributed by atoms with Crippen molar-refractivity contribution in [1.82, 2.24) is 4.31 Å². The molecule has 0 bridgehead atoms. The normalized spacial score (nSPS) is 18.8. The average molecular weight is 434 g/mol. The van der Waals surface area contributed by atoms with Crippen LogP contribution < -0.4 is 0 Å². The molecule has 4 nitrogen and oxygen atoms in total. The van der Waals surface area contributed by atoms with Gasteiger partial charge in [0.15, 0.2) is 8.32 Å². The van der Waals surface area contributed by atoms with Gasteiger partial charge in [-0.15, -0.1) is 0 Å². The molecule has 1 aliphatic heterocycles. The van der Waals surface area contributed by atoms with Gasteiger partial charge in [-0.3, -0.25) is 0 Å². The predicted octanol–water partition coefficient (Wildman–Crippen LogP) is 4.62. The van der Waals surface area contributed by atoms with Gasteiger partial charge in [-0.2, -0.15) is 4.31 Å². The molecule has 1 saturated heterocycles. The van der Waals surface area contributed by atoms with Gasteiger partial charge in [-0.05, 0) is 55.2 Å². The summed E-state index contributed by atoms with van der Waals surface area (Å²) in [6.45, 7) is 12.2. The van der Waals surface area contributed by atoms with Crippen molar-refractivity contribution in [3.8, 4) is 0 Å². The zero-order valence-corrected chi connectivity index (χ0v) is 18.6. The molecule has 1 aromatic rings. The van der Waals surface area contributed by atoms with E-state index in [4.69, 9.17) is 4.43 Å². The summed E-state index contributed by atoms with van der Waals surface area (Å²) in [7, 11) is -5.21. The van der Waals surface area contributed by atoms with Gasteiger partial charge in [0.1, 0.15) is 0 Å². The lowest BCUT2D eigenvalue weighted by atomic mass is 10.1. The topological polar surface area (TPSA) is 46.6 Å². The van der Waals surface area contributed by atoms with Crippen LogP contribution in [-0.2, 0) is 14.4 Å². The summed E-state index contributed by atoms with van der Waals surface area (Å²) in [5.41, 5.74) is 0. The number of nitrogens with zero attached hydrogens (tertiary/aromatic N) is 1. The Morgan fingerprint density at radius 3 is 2.08 bits per heavy atom. The highest BCUT2D eigenvalue weighted by Crippen LogP contribution is 2.38. The molecule has 1 fully saturated rings. The molecule has 0 N–H and O–H groups in total. The van der Waals surface area contributed by atoms with E-state index in [2.05, 4.69) is 49.8 Å². The second-order valence-electron chi connectivity index (χ2n) is 7.94. The Morgan fingerprint density at radius 2 is 1.62 bits per heavy atom. The summed E-state index contributed by atoms with van der Waals surface area (Å²) in [5.74, 6) is 0. The Hall–Kier alpha value is -0.213. The molecule has 7 heteroatoms. The summed E-state index contributed by atoms with van der Waals surface area (Å²) >= 11 is 3.34. The maximum atomic E-state index is 12.7. The van der Waals surface area contributed by atoms with E-state index in [0.717, 1.165) is 17.3 Å². The van der Waals surface area contributed by atoms with E-state index in [0.29, 0.717) is 18.0 Å². The largest absolute Gasteiger partial charge is 0.414 e. The lowest BCUT2D eigenvalue weighted by Crippen LogP contribution is -2.48. The fraction of sp³-hybridized carbons (Fsp3) is 0.647. The third kappa shape index (κ3) is 4.49. The van der Waals surface area contributed by atoms with Crippen LogP contribution in [0.15, 0.2) is 33.6 Å². The molecule has 1 aliphatic rings. The molecule has 0 saturated carbocycles. The van der Waals surface area contributed by atoms with Crippen LogP contribution in [0.3, 0.4) is 0 Å². The van der Waals surface area contributed by atoms with E-state index < -0.39 is 18.3 Å². The molecular weight excluding hydrogens is 406 g/mol. The Morgan fingerprint density at radius 1 is 1.12 bits per heavy atom. The molecule has 0 unspecified atom stereocenters. The van der Waals surface area contributed by atoms with Crippen molar-refractivity contribution in [1.29, 1.82) is 0 Å². The van der Waals surface area contributed by atoms with E-state index in [1.807, 2.05) is 0 Å². The molecule has 0 atom stereocenters. The zero-order valence-electron chi connectivity index (χ0n) is 15.2. The van der Waals surface area contributed by atoms with Gasteiger partial charge >= 0.3 is 0 Å².